The normalized spacial score (nSPS) is 16.8. The standard InChI is InChI=1S/C16H14N2O2/c1-11-6-7-18(16(20)17-11)10-15(19)14-8-12-4-2-3-5-13(12)9-14/h2-8H,1,9-10H2,(H,17,20). The molecule has 0 bridgehead atoms. The molecular formula is C16H14N2O2. The van der Waals surface area contributed by atoms with E-state index in [4.69, 9.17) is 0 Å². The van der Waals surface area contributed by atoms with Crippen LogP contribution in [0.5, 0.6) is 0 Å². The van der Waals surface area contributed by atoms with Gasteiger partial charge >= 0.3 is 6.03 Å². The number of benzene rings is 1. The number of fused-ring (bicyclic) bond motifs is 1. The van der Waals surface area contributed by atoms with E-state index in [1.165, 1.54) is 4.90 Å². The van der Waals surface area contributed by atoms with Crippen LogP contribution in [0.4, 0.5) is 4.79 Å². The van der Waals surface area contributed by atoms with Crippen molar-refractivity contribution in [2.45, 2.75) is 6.42 Å². The number of amides is 2. The molecule has 1 aromatic rings. The third-order valence-corrected chi connectivity index (χ3v) is 3.42. The lowest BCUT2D eigenvalue weighted by atomic mass is 10.1. The summed E-state index contributed by atoms with van der Waals surface area (Å²) < 4.78 is 0. The Morgan fingerprint density at radius 3 is 2.90 bits per heavy atom. The zero-order chi connectivity index (χ0) is 14.1. The number of Topliss-reactive ketones (excluding diaryl/α,β-unsaturated/α-hetero) is 1. The number of carbonyl (C=O) groups excluding carboxylic acids is 2. The summed E-state index contributed by atoms with van der Waals surface area (Å²) >= 11 is 0. The molecule has 0 unspecified atom stereocenters. The SMILES string of the molecule is C=C1C=CN(CC(=O)C2=Cc3ccccc3C2)C(=O)N1. The average Bonchev–Trinajstić information content (AvgIpc) is 2.86. The van der Waals surface area contributed by atoms with E-state index >= 15 is 0 Å². The van der Waals surface area contributed by atoms with Crippen LogP contribution in [-0.2, 0) is 11.2 Å². The average molecular weight is 266 g/mol. The lowest BCUT2D eigenvalue weighted by Crippen LogP contribution is -2.41. The molecule has 100 valence electrons. The van der Waals surface area contributed by atoms with Crippen LogP contribution in [0.25, 0.3) is 6.08 Å². The van der Waals surface area contributed by atoms with Crippen LogP contribution in [0, 0.1) is 0 Å². The summed E-state index contributed by atoms with van der Waals surface area (Å²) in [6.07, 6.45) is 5.80. The van der Waals surface area contributed by atoms with Gasteiger partial charge in [0.2, 0.25) is 0 Å². The van der Waals surface area contributed by atoms with Gasteiger partial charge in [-0.2, -0.15) is 0 Å². The van der Waals surface area contributed by atoms with Crippen molar-refractivity contribution < 1.29 is 9.59 Å². The Balaban J connectivity index is 1.72. The number of rotatable bonds is 3. The fraction of sp³-hybridized carbons (Fsp3) is 0.125. The number of urea groups is 1. The minimum absolute atomic E-state index is 0.0338. The van der Waals surface area contributed by atoms with Gasteiger partial charge in [-0.3, -0.25) is 9.69 Å². The molecule has 1 aromatic carbocycles. The smallest absolute Gasteiger partial charge is 0.308 e. The quantitative estimate of drug-likeness (QED) is 0.912. The number of ketones is 1. The molecular weight excluding hydrogens is 252 g/mol. The Morgan fingerprint density at radius 1 is 1.35 bits per heavy atom. The summed E-state index contributed by atoms with van der Waals surface area (Å²) in [6, 6.07) is 7.61. The molecule has 2 aliphatic rings. The third kappa shape index (κ3) is 2.28. The number of hydrogen-bond acceptors (Lipinski definition) is 2. The minimum atomic E-state index is -0.318. The monoisotopic (exact) mass is 266 g/mol. The van der Waals surface area contributed by atoms with E-state index in [0.29, 0.717) is 12.1 Å². The highest BCUT2D eigenvalue weighted by molar-refractivity contribution is 6.04. The van der Waals surface area contributed by atoms with Crippen molar-refractivity contribution in [3.8, 4) is 0 Å². The van der Waals surface area contributed by atoms with E-state index in [1.807, 2.05) is 30.3 Å². The molecule has 0 saturated carbocycles. The van der Waals surface area contributed by atoms with Gasteiger partial charge in [0.15, 0.2) is 5.78 Å². The molecule has 0 saturated heterocycles. The molecule has 0 atom stereocenters. The van der Waals surface area contributed by atoms with Crippen molar-refractivity contribution in [3.05, 3.63) is 65.5 Å². The van der Waals surface area contributed by atoms with Crippen molar-refractivity contribution in [3.63, 3.8) is 0 Å². The first-order chi connectivity index (χ1) is 9.63. The van der Waals surface area contributed by atoms with E-state index in [9.17, 15) is 9.59 Å². The number of allylic oxidation sites excluding steroid dienone is 1. The lowest BCUT2D eigenvalue weighted by Gasteiger charge is -2.22. The minimum Gasteiger partial charge on any atom is -0.308 e. The van der Waals surface area contributed by atoms with Gasteiger partial charge in [-0.1, -0.05) is 30.8 Å². The molecule has 0 spiro atoms. The molecule has 3 rings (SSSR count). The van der Waals surface area contributed by atoms with Crippen molar-refractivity contribution in [2.24, 2.45) is 0 Å². The maximum Gasteiger partial charge on any atom is 0.326 e. The van der Waals surface area contributed by atoms with Crippen molar-refractivity contribution >= 4 is 17.9 Å². The van der Waals surface area contributed by atoms with E-state index in [2.05, 4.69) is 11.9 Å². The fourth-order valence-electron chi connectivity index (χ4n) is 2.34. The Bertz CT molecular complexity index is 671. The van der Waals surface area contributed by atoms with Gasteiger partial charge in [0, 0.05) is 23.9 Å². The second kappa shape index (κ2) is 4.81. The number of hydrogen-bond donors (Lipinski definition) is 1. The summed E-state index contributed by atoms with van der Waals surface area (Å²) in [4.78, 5) is 25.3. The topological polar surface area (TPSA) is 49.4 Å². The van der Waals surface area contributed by atoms with Crippen LogP contribution in [0.15, 0.2) is 54.4 Å². The van der Waals surface area contributed by atoms with Gasteiger partial charge in [0.05, 0.1) is 6.54 Å². The molecule has 0 fully saturated rings. The van der Waals surface area contributed by atoms with E-state index in [0.717, 1.165) is 16.7 Å². The van der Waals surface area contributed by atoms with Crippen LogP contribution in [-0.4, -0.2) is 23.3 Å². The highest BCUT2D eigenvalue weighted by Gasteiger charge is 2.23. The second-order valence-electron chi connectivity index (χ2n) is 4.87. The Kier molecular flexibility index (Phi) is 2.99. The molecule has 4 heteroatoms. The predicted octanol–water partition coefficient (Wildman–Crippen LogP) is 2.25. The highest BCUT2D eigenvalue weighted by atomic mass is 16.2. The number of carbonyl (C=O) groups is 2. The largest absolute Gasteiger partial charge is 0.326 e. The number of nitrogens with one attached hydrogen (secondary N) is 1. The zero-order valence-electron chi connectivity index (χ0n) is 10.9. The van der Waals surface area contributed by atoms with Crippen LogP contribution < -0.4 is 5.32 Å². The molecule has 2 amide bonds. The third-order valence-electron chi connectivity index (χ3n) is 3.42. The highest BCUT2D eigenvalue weighted by Crippen LogP contribution is 2.25. The van der Waals surface area contributed by atoms with Crippen LogP contribution >= 0.6 is 0 Å². The van der Waals surface area contributed by atoms with Crippen LogP contribution in [0.2, 0.25) is 0 Å². The number of nitrogens with zero attached hydrogens (tertiary/aromatic N) is 1. The van der Waals surface area contributed by atoms with Gasteiger partial charge < -0.3 is 5.32 Å². The van der Waals surface area contributed by atoms with Crippen LogP contribution in [0.3, 0.4) is 0 Å². The summed E-state index contributed by atoms with van der Waals surface area (Å²) in [7, 11) is 0. The van der Waals surface area contributed by atoms with Gasteiger partial charge in [-0.05, 0) is 23.3 Å². The summed E-state index contributed by atoms with van der Waals surface area (Å²) in [6.45, 7) is 3.69. The summed E-state index contributed by atoms with van der Waals surface area (Å²) in [5, 5.41) is 2.58. The van der Waals surface area contributed by atoms with E-state index in [-0.39, 0.29) is 18.4 Å². The molecule has 0 radical (unpaired) electrons. The van der Waals surface area contributed by atoms with Crippen molar-refractivity contribution in [1.29, 1.82) is 0 Å². The van der Waals surface area contributed by atoms with Gasteiger partial charge in [0.25, 0.3) is 0 Å². The van der Waals surface area contributed by atoms with E-state index in [1.54, 1.807) is 12.3 Å². The van der Waals surface area contributed by atoms with Gasteiger partial charge in [-0.15, -0.1) is 0 Å². The maximum atomic E-state index is 12.3. The fourth-order valence-corrected chi connectivity index (χ4v) is 2.34. The lowest BCUT2D eigenvalue weighted by molar-refractivity contribution is -0.115. The van der Waals surface area contributed by atoms with Crippen molar-refractivity contribution in [1.82, 2.24) is 10.2 Å². The first-order valence-electron chi connectivity index (χ1n) is 6.40. The Morgan fingerprint density at radius 2 is 2.15 bits per heavy atom. The second-order valence-corrected chi connectivity index (χ2v) is 4.87. The van der Waals surface area contributed by atoms with Gasteiger partial charge in [-0.25, -0.2) is 4.79 Å². The molecule has 1 aliphatic heterocycles. The molecule has 0 aromatic heterocycles. The van der Waals surface area contributed by atoms with Gasteiger partial charge in [0.1, 0.15) is 0 Å². The molecule has 4 nitrogen and oxygen atoms in total. The Hall–Kier alpha value is -2.62. The Labute approximate surface area is 117 Å². The summed E-state index contributed by atoms with van der Waals surface area (Å²) in [5.41, 5.74) is 3.52. The molecule has 20 heavy (non-hydrogen) atoms. The maximum absolute atomic E-state index is 12.3. The van der Waals surface area contributed by atoms with Crippen molar-refractivity contribution in [2.75, 3.05) is 6.54 Å². The predicted molar refractivity (Wildman–Crippen MR) is 76.6 cm³/mol. The molecule has 1 heterocycles. The first kappa shape index (κ1) is 12.4. The van der Waals surface area contributed by atoms with E-state index < -0.39 is 0 Å². The van der Waals surface area contributed by atoms with Crippen LogP contribution in [0.1, 0.15) is 11.1 Å². The molecule has 1 aliphatic carbocycles. The molecule has 1 N–H and O–H groups in total. The first-order valence-corrected chi connectivity index (χ1v) is 6.40. The zero-order valence-corrected chi connectivity index (χ0v) is 10.9. The summed E-state index contributed by atoms with van der Waals surface area (Å²) in [5.74, 6) is -0.0338.